The molecule has 4 rings (SSSR count). The molecule has 112 valence electrons. The van der Waals surface area contributed by atoms with Crippen molar-refractivity contribution in [3.8, 4) is 0 Å². The van der Waals surface area contributed by atoms with Gasteiger partial charge in [0.1, 0.15) is 6.04 Å². The van der Waals surface area contributed by atoms with Crippen LogP contribution in [0.4, 0.5) is 0 Å². The molecule has 4 saturated carbocycles. The molecule has 0 aromatic rings. The molecule has 4 nitrogen and oxygen atoms in total. The Morgan fingerprint density at radius 3 is 1.90 bits per heavy atom. The second-order valence-electron chi connectivity index (χ2n) is 7.53. The molecule has 20 heavy (non-hydrogen) atoms. The fourth-order valence-corrected chi connectivity index (χ4v) is 5.12. The molecule has 0 saturated heterocycles. The monoisotopic (exact) mass is 279 g/mol. The largest absolute Gasteiger partial charge is 0.480 e. The lowest BCUT2D eigenvalue weighted by atomic mass is 9.51. The first kappa shape index (κ1) is 13.9. The molecule has 0 aromatic carbocycles. The Morgan fingerprint density at radius 2 is 1.50 bits per heavy atom. The van der Waals surface area contributed by atoms with Gasteiger partial charge in [-0.15, -0.1) is 0 Å². The predicted octanol–water partition coefficient (Wildman–Crippen LogP) is 2.28. The molecule has 1 amide bonds. The predicted molar refractivity (Wildman–Crippen MR) is 74.9 cm³/mol. The van der Waals surface area contributed by atoms with Crippen LogP contribution in [0.15, 0.2) is 0 Å². The van der Waals surface area contributed by atoms with E-state index in [1.54, 1.807) is 0 Å². The number of carbonyl (C=O) groups is 2. The Balaban J connectivity index is 1.70. The number of carbonyl (C=O) groups excluding carboxylic acids is 1. The maximum absolute atomic E-state index is 12.6. The van der Waals surface area contributed by atoms with Gasteiger partial charge in [0, 0.05) is 5.92 Å². The van der Waals surface area contributed by atoms with E-state index >= 15 is 0 Å². The Hall–Kier alpha value is -1.06. The highest BCUT2D eigenvalue weighted by Crippen LogP contribution is 2.56. The lowest BCUT2D eigenvalue weighted by Crippen LogP contribution is -2.54. The summed E-state index contributed by atoms with van der Waals surface area (Å²) in [7, 11) is 0. The first-order valence-electron chi connectivity index (χ1n) is 7.99. The van der Waals surface area contributed by atoms with E-state index in [4.69, 9.17) is 0 Å². The van der Waals surface area contributed by atoms with Gasteiger partial charge in [0.05, 0.1) is 0 Å². The molecule has 4 aliphatic carbocycles. The zero-order valence-corrected chi connectivity index (χ0v) is 12.3. The third-order valence-corrected chi connectivity index (χ3v) is 5.76. The average molecular weight is 279 g/mol. The smallest absolute Gasteiger partial charge is 0.326 e. The minimum absolute atomic E-state index is 0.0000926. The van der Waals surface area contributed by atoms with Crippen molar-refractivity contribution in [3.05, 3.63) is 0 Å². The molecule has 4 heteroatoms. The van der Waals surface area contributed by atoms with Gasteiger partial charge < -0.3 is 10.4 Å². The number of amides is 1. The second kappa shape index (κ2) is 5.05. The summed E-state index contributed by atoms with van der Waals surface area (Å²) in [6, 6.07) is -0.750. The summed E-state index contributed by atoms with van der Waals surface area (Å²) < 4.78 is 0. The first-order chi connectivity index (χ1) is 9.45. The number of hydrogen-bond acceptors (Lipinski definition) is 2. The van der Waals surface area contributed by atoms with Gasteiger partial charge in [-0.05, 0) is 61.7 Å². The van der Waals surface area contributed by atoms with Crippen molar-refractivity contribution in [2.45, 2.75) is 52.0 Å². The van der Waals surface area contributed by atoms with Crippen molar-refractivity contribution in [1.29, 1.82) is 0 Å². The van der Waals surface area contributed by atoms with E-state index < -0.39 is 12.0 Å². The number of rotatable bonds is 4. The Bertz CT molecular complexity index is 390. The van der Waals surface area contributed by atoms with E-state index in [9.17, 15) is 14.7 Å². The van der Waals surface area contributed by atoms with Crippen LogP contribution in [0.2, 0.25) is 0 Å². The van der Waals surface area contributed by atoms with Crippen molar-refractivity contribution in [2.24, 2.45) is 35.5 Å². The summed E-state index contributed by atoms with van der Waals surface area (Å²) in [6.45, 7) is 3.69. The standard InChI is InChI=1S/C16H25NO3/c1-8(2)14(16(19)20)17-15(18)13-11-4-9-3-10(6-11)7-12(13)5-9/h8-14H,3-7H2,1-2H3,(H,17,18)(H,19,20)/t9?,10?,11?,12?,13?,14-/m0/s1. The number of carboxylic acids is 1. The van der Waals surface area contributed by atoms with Crippen LogP contribution < -0.4 is 5.32 Å². The zero-order chi connectivity index (χ0) is 14.4. The maximum atomic E-state index is 12.6. The highest BCUT2D eigenvalue weighted by atomic mass is 16.4. The summed E-state index contributed by atoms with van der Waals surface area (Å²) in [6.07, 6.45) is 6.11. The van der Waals surface area contributed by atoms with Gasteiger partial charge >= 0.3 is 5.97 Å². The molecule has 0 spiro atoms. The van der Waals surface area contributed by atoms with Gasteiger partial charge in [-0.1, -0.05) is 13.8 Å². The van der Waals surface area contributed by atoms with Crippen molar-refractivity contribution in [1.82, 2.24) is 5.32 Å². The quantitative estimate of drug-likeness (QED) is 0.829. The molecule has 0 radical (unpaired) electrons. The molecule has 0 unspecified atom stereocenters. The fourth-order valence-electron chi connectivity index (χ4n) is 5.12. The molecular formula is C16H25NO3. The fraction of sp³-hybridized carbons (Fsp3) is 0.875. The van der Waals surface area contributed by atoms with E-state index in [-0.39, 0.29) is 17.7 Å². The van der Waals surface area contributed by atoms with E-state index in [2.05, 4.69) is 5.32 Å². The topological polar surface area (TPSA) is 66.4 Å². The summed E-state index contributed by atoms with van der Waals surface area (Å²) >= 11 is 0. The van der Waals surface area contributed by atoms with Gasteiger partial charge in [-0.2, -0.15) is 0 Å². The first-order valence-corrected chi connectivity index (χ1v) is 7.99. The van der Waals surface area contributed by atoms with E-state index in [1.807, 2.05) is 13.8 Å². The minimum atomic E-state index is -0.919. The zero-order valence-electron chi connectivity index (χ0n) is 12.3. The molecule has 0 heterocycles. The van der Waals surface area contributed by atoms with Crippen LogP contribution >= 0.6 is 0 Å². The van der Waals surface area contributed by atoms with Crippen LogP contribution in [-0.4, -0.2) is 23.0 Å². The molecule has 4 bridgehead atoms. The number of nitrogens with one attached hydrogen (secondary N) is 1. The maximum Gasteiger partial charge on any atom is 0.326 e. The molecule has 2 N–H and O–H groups in total. The SMILES string of the molecule is CC(C)[C@H](NC(=O)C1C2CC3CC(C2)CC1C3)C(=O)O. The molecule has 0 aliphatic heterocycles. The molecule has 4 fully saturated rings. The highest BCUT2D eigenvalue weighted by Gasteiger charge is 2.51. The summed E-state index contributed by atoms with van der Waals surface area (Å²) in [5, 5.41) is 12.0. The van der Waals surface area contributed by atoms with Crippen LogP contribution in [0.5, 0.6) is 0 Å². The lowest BCUT2D eigenvalue weighted by molar-refractivity contribution is -0.147. The Kier molecular flexibility index (Phi) is 3.51. The Morgan fingerprint density at radius 1 is 1.00 bits per heavy atom. The van der Waals surface area contributed by atoms with Gasteiger partial charge in [-0.25, -0.2) is 4.79 Å². The third kappa shape index (κ3) is 2.33. The molecule has 4 aliphatic rings. The van der Waals surface area contributed by atoms with Crippen molar-refractivity contribution in [3.63, 3.8) is 0 Å². The third-order valence-electron chi connectivity index (χ3n) is 5.76. The van der Waals surface area contributed by atoms with Crippen LogP contribution in [-0.2, 0) is 9.59 Å². The lowest BCUT2D eigenvalue weighted by Gasteiger charge is -2.53. The second-order valence-corrected chi connectivity index (χ2v) is 7.53. The van der Waals surface area contributed by atoms with Crippen molar-refractivity contribution in [2.75, 3.05) is 0 Å². The van der Waals surface area contributed by atoms with Crippen LogP contribution in [0, 0.1) is 35.5 Å². The summed E-state index contributed by atoms with van der Waals surface area (Å²) in [5.74, 6) is 1.76. The normalized spacial score (nSPS) is 39.9. The highest BCUT2D eigenvalue weighted by molar-refractivity contribution is 5.85. The van der Waals surface area contributed by atoms with Crippen molar-refractivity contribution < 1.29 is 14.7 Å². The molecule has 1 atom stereocenters. The van der Waals surface area contributed by atoms with Crippen molar-refractivity contribution >= 4 is 11.9 Å². The number of aliphatic carboxylic acids is 1. The minimum Gasteiger partial charge on any atom is -0.480 e. The average Bonchev–Trinajstić information content (AvgIpc) is 2.33. The van der Waals surface area contributed by atoms with Gasteiger partial charge in [-0.3, -0.25) is 4.79 Å². The Labute approximate surface area is 120 Å². The number of carboxylic acid groups (broad SMARTS) is 1. The van der Waals surface area contributed by atoms with Gasteiger partial charge in [0.25, 0.3) is 0 Å². The van der Waals surface area contributed by atoms with Crippen LogP contribution in [0.1, 0.15) is 46.0 Å². The van der Waals surface area contributed by atoms with Crippen LogP contribution in [0.3, 0.4) is 0 Å². The van der Waals surface area contributed by atoms with E-state index in [0.717, 1.165) is 11.8 Å². The number of hydrogen-bond donors (Lipinski definition) is 2. The molecular weight excluding hydrogens is 254 g/mol. The summed E-state index contributed by atoms with van der Waals surface area (Å²) in [4.78, 5) is 23.8. The van der Waals surface area contributed by atoms with Gasteiger partial charge in [0.15, 0.2) is 0 Å². The summed E-state index contributed by atoms with van der Waals surface area (Å²) in [5.41, 5.74) is 0. The molecule has 0 aromatic heterocycles. The van der Waals surface area contributed by atoms with E-state index in [1.165, 1.54) is 32.1 Å². The van der Waals surface area contributed by atoms with Crippen LogP contribution in [0.25, 0.3) is 0 Å². The van der Waals surface area contributed by atoms with E-state index in [0.29, 0.717) is 11.8 Å². The van der Waals surface area contributed by atoms with Gasteiger partial charge in [0.2, 0.25) is 5.91 Å².